The summed E-state index contributed by atoms with van der Waals surface area (Å²) in [6.45, 7) is 8.24. The van der Waals surface area contributed by atoms with E-state index in [2.05, 4.69) is 23.7 Å². The Morgan fingerprint density at radius 1 is 1.09 bits per heavy atom. The topological polar surface area (TPSA) is 42.4 Å². The van der Waals surface area contributed by atoms with Crippen molar-refractivity contribution in [2.24, 2.45) is 11.8 Å². The molecule has 1 aromatic carbocycles. The van der Waals surface area contributed by atoms with E-state index >= 15 is 0 Å². The van der Waals surface area contributed by atoms with Crippen LogP contribution in [0.5, 0.6) is 5.75 Å². The highest BCUT2D eigenvalue weighted by Gasteiger charge is 2.28. The van der Waals surface area contributed by atoms with Crippen LogP contribution in [0.4, 0.5) is 0 Å². The van der Waals surface area contributed by atoms with Crippen LogP contribution in [0, 0.1) is 11.8 Å². The first-order valence-electron chi connectivity index (χ1n) is 12.8. The lowest BCUT2D eigenvalue weighted by molar-refractivity contribution is 0.0899. The van der Waals surface area contributed by atoms with E-state index in [1.54, 1.807) is 13.3 Å². The number of Topliss-reactive ketones (excluding diaryl/α,β-unsaturated/α-hetero) is 1. The number of pyridine rings is 1. The van der Waals surface area contributed by atoms with Crippen LogP contribution in [0.1, 0.15) is 88.4 Å². The van der Waals surface area contributed by atoms with E-state index in [1.165, 1.54) is 71.0 Å². The molecule has 0 spiro atoms. The standard InChI is InChI=1S/C28H42N2O2/c1-4-6-7-8-9-10-18-30-19-16-23(22(5-2)21-30)11-14-28(31)25-15-17-29-27-13-12-24(32-3)20-26(25)27/h12-13,15,17,20,22-23H,4-11,14,16,18-19,21H2,1-3H3. The van der Waals surface area contributed by atoms with Crippen LogP contribution < -0.4 is 4.74 Å². The molecule has 2 atom stereocenters. The van der Waals surface area contributed by atoms with Crippen molar-refractivity contribution in [1.82, 2.24) is 9.88 Å². The Balaban J connectivity index is 1.50. The molecule has 0 amide bonds. The molecule has 2 heterocycles. The molecule has 1 saturated heterocycles. The number of ether oxygens (including phenoxy) is 1. The third kappa shape index (κ3) is 6.78. The number of carbonyl (C=O) groups excluding carboxylic acids is 1. The fraction of sp³-hybridized carbons (Fsp3) is 0.643. The molecule has 32 heavy (non-hydrogen) atoms. The fourth-order valence-electron chi connectivity index (χ4n) is 5.26. The Morgan fingerprint density at radius 2 is 1.91 bits per heavy atom. The van der Waals surface area contributed by atoms with Crippen molar-refractivity contribution in [2.75, 3.05) is 26.7 Å². The molecular formula is C28H42N2O2. The molecular weight excluding hydrogens is 396 g/mol. The number of hydrogen-bond acceptors (Lipinski definition) is 4. The zero-order valence-electron chi connectivity index (χ0n) is 20.4. The lowest BCUT2D eigenvalue weighted by Gasteiger charge is -2.38. The van der Waals surface area contributed by atoms with Gasteiger partial charge in [-0.05, 0) is 68.5 Å². The van der Waals surface area contributed by atoms with Crippen molar-refractivity contribution in [3.63, 3.8) is 0 Å². The first-order valence-corrected chi connectivity index (χ1v) is 12.8. The van der Waals surface area contributed by atoms with E-state index in [9.17, 15) is 4.79 Å². The average Bonchev–Trinajstić information content (AvgIpc) is 2.84. The summed E-state index contributed by atoms with van der Waals surface area (Å²) in [4.78, 5) is 20.2. The summed E-state index contributed by atoms with van der Waals surface area (Å²) in [5.74, 6) is 2.37. The number of carbonyl (C=O) groups is 1. The van der Waals surface area contributed by atoms with Crippen molar-refractivity contribution in [2.45, 2.75) is 78.1 Å². The largest absolute Gasteiger partial charge is 0.497 e. The molecule has 1 aliphatic rings. The number of aromatic nitrogens is 1. The summed E-state index contributed by atoms with van der Waals surface area (Å²) in [5, 5.41) is 0.901. The Kier molecular flexibility index (Phi) is 9.98. The summed E-state index contributed by atoms with van der Waals surface area (Å²) >= 11 is 0. The van der Waals surface area contributed by atoms with Gasteiger partial charge in [0.05, 0.1) is 12.6 Å². The maximum absolute atomic E-state index is 13.1. The van der Waals surface area contributed by atoms with Crippen molar-refractivity contribution >= 4 is 16.7 Å². The van der Waals surface area contributed by atoms with Gasteiger partial charge in [0.15, 0.2) is 5.78 Å². The third-order valence-corrected chi connectivity index (χ3v) is 7.32. The lowest BCUT2D eigenvalue weighted by atomic mass is 9.80. The predicted molar refractivity (Wildman–Crippen MR) is 134 cm³/mol. The highest BCUT2D eigenvalue weighted by Crippen LogP contribution is 2.31. The molecule has 2 unspecified atom stereocenters. The van der Waals surface area contributed by atoms with Crippen molar-refractivity contribution in [3.05, 3.63) is 36.0 Å². The molecule has 1 fully saturated rings. The molecule has 0 aliphatic carbocycles. The normalized spacial score (nSPS) is 19.3. The van der Waals surface area contributed by atoms with Gasteiger partial charge in [0, 0.05) is 30.1 Å². The van der Waals surface area contributed by atoms with Gasteiger partial charge in [0.25, 0.3) is 0 Å². The second-order valence-corrected chi connectivity index (χ2v) is 9.49. The van der Waals surface area contributed by atoms with Gasteiger partial charge in [-0.25, -0.2) is 0 Å². The van der Waals surface area contributed by atoms with Crippen LogP contribution in [0.2, 0.25) is 0 Å². The molecule has 4 nitrogen and oxygen atoms in total. The number of benzene rings is 1. The summed E-state index contributed by atoms with van der Waals surface area (Å²) < 4.78 is 5.36. The molecule has 1 aliphatic heterocycles. The van der Waals surface area contributed by atoms with Crippen LogP contribution in [-0.2, 0) is 0 Å². The zero-order valence-corrected chi connectivity index (χ0v) is 20.4. The minimum Gasteiger partial charge on any atom is -0.497 e. The van der Waals surface area contributed by atoms with Gasteiger partial charge in [0.2, 0.25) is 0 Å². The zero-order chi connectivity index (χ0) is 22.8. The highest BCUT2D eigenvalue weighted by atomic mass is 16.5. The first-order chi connectivity index (χ1) is 15.7. The van der Waals surface area contributed by atoms with Crippen molar-refractivity contribution < 1.29 is 9.53 Å². The maximum atomic E-state index is 13.1. The van der Waals surface area contributed by atoms with Crippen LogP contribution >= 0.6 is 0 Å². The average molecular weight is 439 g/mol. The second-order valence-electron chi connectivity index (χ2n) is 9.49. The molecule has 3 rings (SSSR count). The monoisotopic (exact) mass is 438 g/mol. The number of fused-ring (bicyclic) bond motifs is 1. The highest BCUT2D eigenvalue weighted by molar-refractivity contribution is 6.07. The van der Waals surface area contributed by atoms with Crippen LogP contribution in [-0.4, -0.2) is 42.4 Å². The van der Waals surface area contributed by atoms with E-state index in [0.717, 1.165) is 28.6 Å². The number of nitrogens with zero attached hydrogens (tertiary/aromatic N) is 2. The van der Waals surface area contributed by atoms with Crippen molar-refractivity contribution in [3.8, 4) is 5.75 Å². The molecule has 4 heteroatoms. The molecule has 2 aromatic rings. The summed E-state index contributed by atoms with van der Waals surface area (Å²) in [6.07, 6.45) is 14.0. The summed E-state index contributed by atoms with van der Waals surface area (Å²) in [5.41, 5.74) is 1.63. The number of ketones is 1. The van der Waals surface area contributed by atoms with Gasteiger partial charge < -0.3 is 9.64 Å². The van der Waals surface area contributed by atoms with E-state index in [4.69, 9.17) is 4.74 Å². The molecule has 0 bridgehead atoms. The first kappa shape index (κ1) is 24.7. The predicted octanol–water partition coefficient (Wildman–Crippen LogP) is 6.91. The summed E-state index contributed by atoms with van der Waals surface area (Å²) in [7, 11) is 1.66. The maximum Gasteiger partial charge on any atom is 0.163 e. The minimum absolute atomic E-state index is 0.231. The van der Waals surface area contributed by atoms with Gasteiger partial charge in [0.1, 0.15) is 5.75 Å². The number of piperidine rings is 1. The van der Waals surface area contributed by atoms with Crippen LogP contribution in [0.25, 0.3) is 10.9 Å². The van der Waals surface area contributed by atoms with Crippen LogP contribution in [0.15, 0.2) is 30.5 Å². The quantitative estimate of drug-likeness (QED) is 0.251. The van der Waals surface area contributed by atoms with Gasteiger partial charge in [-0.2, -0.15) is 0 Å². The lowest BCUT2D eigenvalue weighted by Crippen LogP contribution is -2.40. The van der Waals surface area contributed by atoms with Gasteiger partial charge in [-0.15, -0.1) is 0 Å². The minimum atomic E-state index is 0.231. The van der Waals surface area contributed by atoms with Gasteiger partial charge >= 0.3 is 0 Å². The molecule has 0 N–H and O–H groups in total. The number of likely N-dealkylation sites (tertiary alicyclic amines) is 1. The van der Waals surface area contributed by atoms with Crippen molar-refractivity contribution in [1.29, 1.82) is 0 Å². The second kappa shape index (κ2) is 12.9. The Hall–Kier alpha value is -1.94. The van der Waals surface area contributed by atoms with Gasteiger partial charge in [-0.1, -0.05) is 52.4 Å². The number of hydrogen-bond donors (Lipinski definition) is 0. The molecule has 0 radical (unpaired) electrons. The third-order valence-electron chi connectivity index (χ3n) is 7.32. The molecule has 1 aromatic heterocycles. The Labute approximate surface area is 194 Å². The van der Waals surface area contributed by atoms with E-state index in [-0.39, 0.29) is 5.78 Å². The molecule has 176 valence electrons. The Bertz CT molecular complexity index is 850. The Morgan fingerprint density at radius 3 is 2.69 bits per heavy atom. The van der Waals surface area contributed by atoms with E-state index in [1.807, 2.05) is 24.3 Å². The summed E-state index contributed by atoms with van der Waals surface area (Å²) in [6, 6.07) is 7.63. The fourth-order valence-corrected chi connectivity index (χ4v) is 5.26. The number of rotatable bonds is 13. The smallest absolute Gasteiger partial charge is 0.163 e. The SMILES string of the molecule is CCCCCCCCN1CCC(CCC(=O)c2ccnc3ccc(OC)cc23)C(CC)C1. The van der Waals surface area contributed by atoms with E-state index < -0.39 is 0 Å². The molecule has 0 saturated carbocycles. The number of unbranched alkanes of at least 4 members (excludes halogenated alkanes) is 5. The number of methoxy groups -OCH3 is 1. The van der Waals surface area contributed by atoms with Gasteiger partial charge in [-0.3, -0.25) is 9.78 Å². The van der Waals surface area contributed by atoms with Crippen LogP contribution in [0.3, 0.4) is 0 Å². The van der Waals surface area contributed by atoms with E-state index in [0.29, 0.717) is 18.3 Å².